The van der Waals surface area contributed by atoms with Gasteiger partial charge in [-0.15, -0.1) is 0 Å². The molecule has 0 aromatic heterocycles. The van der Waals surface area contributed by atoms with Crippen LogP contribution in [-0.2, 0) is 5.41 Å². The fourth-order valence-electron chi connectivity index (χ4n) is 14.9. The summed E-state index contributed by atoms with van der Waals surface area (Å²) in [5, 5.41) is 4.18. The average Bonchev–Trinajstić information content (AvgIpc) is 3.65. The largest absolute Gasteiger partial charge is 0.354 e. The summed E-state index contributed by atoms with van der Waals surface area (Å²) in [5.74, 6) is 2.52. The van der Waals surface area contributed by atoms with Gasteiger partial charge in [-0.1, -0.05) is 187 Å². The third-order valence-corrected chi connectivity index (χ3v) is 17.8. The fourth-order valence-corrected chi connectivity index (χ4v) is 14.9. The van der Waals surface area contributed by atoms with E-state index in [9.17, 15) is 0 Å². The standard InChI is InChI=1S/C59H61BN/c1-34-28-35(2)51(36(3)29-34)37-30-42(54-43(31-37)53-52-48(57(7)26-15-16-27-58(53,57)8)32-38(56(4,5)6)33-49(52)60-54)41-20-17-24-47-55(41)61-50-25-14-13-23-46(50)59(47)44-21-11-9-18-39(44)40-19-10-12-22-45(40)59/h9-14,17-25,28,30-32,34,36,38,51,53,61H,15-16,26-27,29,33H2,1-8H3. The van der Waals surface area contributed by atoms with Crippen molar-refractivity contribution >= 4 is 24.1 Å². The second-order valence-corrected chi connectivity index (χ2v) is 22.1. The first-order valence-corrected chi connectivity index (χ1v) is 23.7. The lowest BCUT2D eigenvalue weighted by atomic mass is 9.47. The average molecular weight is 795 g/mol. The Kier molecular flexibility index (Phi) is 8.00. The Labute approximate surface area is 366 Å². The summed E-state index contributed by atoms with van der Waals surface area (Å²) in [7, 11) is 2.72. The summed E-state index contributed by atoms with van der Waals surface area (Å²) in [6, 6.07) is 40.3. The molecule has 2 heterocycles. The zero-order chi connectivity index (χ0) is 41.8. The molecule has 7 aliphatic rings. The van der Waals surface area contributed by atoms with Gasteiger partial charge in [-0.2, -0.15) is 0 Å². The zero-order valence-electron chi connectivity index (χ0n) is 37.7. The van der Waals surface area contributed by atoms with E-state index in [0.717, 1.165) is 6.42 Å². The van der Waals surface area contributed by atoms with Crippen molar-refractivity contribution in [2.75, 3.05) is 5.32 Å². The van der Waals surface area contributed by atoms with E-state index in [1.165, 1.54) is 99.0 Å². The molecular formula is C59H61BN. The highest BCUT2D eigenvalue weighted by Crippen LogP contribution is 2.73. The number of hydrogen-bond donors (Lipinski definition) is 1. The third-order valence-electron chi connectivity index (χ3n) is 17.8. The molecule has 0 amide bonds. The van der Waals surface area contributed by atoms with E-state index in [2.05, 4.69) is 183 Å². The van der Waals surface area contributed by atoms with Crippen molar-refractivity contribution in [3.8, 4) is 22.3 Å². The van der Waals surface area contributed by atoms with Gasteiger partial charge in [0, 0.05) is 23.1 Å². The van der Waals surface area contributed by atoms with Crippen LogP contribution in [0.1, 0.15) is 139 Å². The maximum atomic E-state index is 4.18. The highest BCUT2D eigenvalue weighted by Gasteiger charge is 2.63. The minimum absolute atomic E-state index is 0.162. The number of hydrogen-bond acceptors (Lipinski definition) is 1. The maximum Gasteiger partial charge on any atom is 0.187 e. The lowest BCUT2D eigenvalue weighted by Gasteiger charge is -2.49. The van der Waals surface area contributed by atoms with Gasteiger partial charge in [0.15, 0.2) is 7.28 Å². The molecule has 2 saturated carbocycles. The van der Waals surface area contributed by atoms with E-state index in [1.54, 1.807) is 27.8 Å². The highest BCUT2D eigenvalue weighted by molar-refractivity contribution is 6.64. The lowest BCUT2D eigenvalue weighted by Crippen LogP contribution is -2.42. The Hall–Kier alpha value is -4.82. The van der Waals surface area contributed by atoms with Crippen LogP contribution in [0.4, 0.5) is 11.4 Å². The molecule has 2 aliphatic heterocycles. The van der Waals surface area contributed by atoms with Crippen LogP contribution in [0.3, 0.4) is 0 Å². The number of rotatable bonds is 2. The van der Waals surface area contributed by atoms with Crippen LogP contribution in [-0.4, -0.2) is 7.28 Å². The molecule has 7 atom stereocenters. The van der Waals surface area contributed by atoms with Gasteiger partial charge in [0.2, 0.25) is 0 Å². The molecule has 0 bridgehead atoms. The summed E-state index contributed by atoms with van der Waals surface area (Å²) in [4.78, 5) is 0. The predicted molar refractivity (Wildman–Crippen MR) is 257 cm³/mol. The molecule has 1 radical (unpaired) electrons. The molecule has 2 fully saturated rings. The number of benzene rings is 5. The van der Waals surface area contributed by atoms with Crippen LogP contribution in [0.15, 0.2) is 137 Å². The molecule has 1 N–H and O–H groups in total. The van der Waals surface area contributed by atoms with Gasteiger partial charge >= 0.3 is 0 Å². The van der Waals surface area contributed by atoms with E-state index in [1.807, 2.05) is 0 Å². The molecule has 1 nitrogen and oxygen atoms in total. The Morgan fingerprint density at radius 2 is 1.36 bits per heavy atom. The Morgan fingerprint density at radius 1 is 0.705 bits per heavy atom. The number of fused-ring (bicyclic) bond motifs is 14. The first-order chi connectivity index (χ1) is 29.3. The Morgan fingerprint density at radius 3 is 2.08 bits per heavy atom. The monoisotopic (exact) mass is 794 g/mol. The normalized spacial score (nSPS) is 29.7. The van der Waals surface area contributed by atoms with Gasteiger partial charge in [-0.25, -0.2) is 0 Å². The minimum Gasteiger partial charge on any atom is -0.354 e. The first-order valence-electron chi connectivity index (χ1n) is 23.7. The van der Waals surface area contributed by atoms with E-state index < -0.39 is 5.41 Å². The van der Waals surface area contributed by atoms with Gasteiger partial charge in [-0.3, -0.25) is 0 Å². The molecule has 1 spiro atoms. The summed E-state index contributed by atoms with van der Waals surface area (Å²) in [6.45, 7) is 20.2. The van der Waals surface area contributed by atoms with Crippen LogP contribution in [0.5, 0.6) is 0 Å². The number of anilines is 2. The molecule has 5 aromatic rings. The minimum atomic E-state index is -0.434. The lowest BCUT2D eigenvalue weighted by molar-refractivity contribution is 0.0625. The van der Waals surface area contributed by atoms with Crippen molar-refractivity contribution < 1.29 is 0 Å². The third kappa shape index (κ3) is 4.92. The summed E-state index contributed by atoms with van der Waals surface area (Å²) in [6.07, 6.45) is 13.0. The van der Waals surface area contributed by atoms with E-state index >= 15 is 0 Å². The van der Waals surface area contributed by atoms with Crippen LogP contribution in [0.25, 0.3) is 22.3 Å². The van der Waals surface area contributed by atoms with Crippen molar-refractivity contribution in [1.82, 2.24) is 0 Å². The molecular weight excluding hydrogens is 733 g/mol. The van der Waals surface area contributed by atoms with E-state index in [-0.39, 0.29) is 16.2 Å². The fraction of sp³-hybridized carbons (Fsp3) is 0.390. The summed E-state index contributed by atoms with van der Waals surface area (Å²) < 4.78 is 0. The summed E-state index contributed by atoms with van der Waals surface area (Å²) >= 11 is 0. The number of nitrogens with one attached hydrogen (secondary N) is 1. The van der Waals surface area contributed by atoms with Gasteiger partial charge in [0.05, 0.1) is 11.1 Å². The highest BCUT2D eigenvalue weighted by atomic mass is 14.9. The second-order valence-electron chi connectivity index (χ2n) is 22.1. The van der Waals surface area contributed by atoms with E-state index in [0.29, 0.717) is 29.6 Å². The quantitative estimate of drug-likeness (QED) is 0.136. The molecule has 7 unspecified atom stereocenters. The molecule has 5 aliphatic carbocycles. The van der Waals surface area contributed by atoms with Crippen molar-refractivity contribution in [2.45, 2.75) is 111 Å². The number of para-hydroxylation sites is 2. The molecule has 5 aromatic carbocycles. The Bertz CT molecular complexity index is 2760. The van der Waals surface area contributed by atoms with Gasteiger partial charge in [0.25, 0.3) is 0 Å². The van der Waals surface area contributed by atoms with Gasteiger partial charge in [0.1, 0.15) is 0 Å². The van der Waals surface area contributed by atoms with Crippen LogP contribution < -0.4 is 10.8 Å². The van der Waals surface area contributed by atoms with Crippen molar-refractivity contribution in [3.63, 3.8) is 0 Å². The van der Waals surface area contributed by atoms with Gasteiger partial charge in [-0.05, 0) is 134 Å². The molecule has 0 saturated heterocycles. The summed E-state index contributed by atoms with van der Waals surface area (Å²) in [5.41, 5.74) is 24.6. The zero-order valence-corrected chi connectivity index (χ0v) is 37.7. The van der Waals surface area contributed by atoms with Crippen LogP contribution >= 0.6 is 0 Å². The van der Waals surface area contributed by atoms with Gasteiger partial charge < -0.3 is 5.32 Å². The maximum absolute atomic E-state index is 4.18. The molecule has 12 rings (SSSR count). The van der Waals surface area contributed by atoms with Crippen molar-refractivity contribution in [2.24, 2.45) is 34.0 Å². The SMILES string of the molecule is CC1=CC(C)CC(C)C1c1cc(-c2cccc3c2Nc2ccccc2C32c3ccccc3-c3ccccc32)c2c(c1)C1C3=C([B]2)CC(C(C)(C)C)C=C3C2(C)CCCCC12C. The van der Waals surface area contributed by atoms with Crippen LogP contribution in [0.2, 0.25) is 0 Å². The predicted octanol–water partition coefficient (Wildman–Crippen LogP) is 14.8. The Balaban J connectivity index is 1.16. The van der Waals surface area contributed by atoms with E-state index in [4.69, 9.17) is 0 Å². The van der Waals surface area contributed by atoms with Crippen molar-refractivity contribution in [3.05, 3.63) is 171 Å². The smallest absolute Gasteiger partial charge is 0.187 e. The van der Waals surface area contributed by atoms with Crippen LogP contribution in [0, 0.1) is 34.0 Å². The molecule has 61 heavy (non-hydrogen) atoms. The van der Waals surface area contributed by atoms with Crippen molar-refractivity contribution in [1.29, 1.82) is 0 Å². The second kappa shape index (κ2) is 12.9. The first kappa shape index (κ1) is 37.9. The molecule has 305 valence electrons. The molecule has 2 heteroatoms. The topological polar surface area (TPSA) is 12.0 Å². The number of allylic oxidation sites excluding steroid dienone is 6.